The molecule has 0 amide bonds. The topological polar surface area (TPSA) is 67.7 Å². The van der Waals surface area contributed by atoms with Gasteiger partial charge < -0.3 is 14.6 Å². The highest BCUT2D eigenvalue weighted by molar-refractivity contribution is 5.17. The highest BCUT2D eigenvalue weighted by Crippen LogP contribution is 2.47. The van der Waals surface area contributed by atoms with E-state index in [-0.39, 0.29) is 19.1 Å². The lowest BCUT2D eigenvalue weighted by molar-refractivity contribution is -0.0667. The minimum atomic E-state index is -0.537. The number of rotatable bonds is 3. The van der Waals surface area contributed by atoms with Crippen LogP contribution in [0.5, 0.6) is 0 Å². The largest absolute Gasteiger partial charge is 0.394 e. The van der Waals surface area contributed by atoms with Gasteiger partial charge in [0.05, 0.1) is 36.7 Å². The number of pyridine rings is 2. The van der Waals surface area contributed by atoms with Crippen molar-refractivity contribution in [1.29, 1.82) is 0 Å². The SMILES string of the molecule is OCC12COC(c3ccccn3)N1C(c1ccccn1)OC2. The first-order valence-electron chi connectivity index (χ1n) is 7.28. The second-order valence-electron chi connectivity index (χ2n) is 5.63. The predicted octanol–water partition coefficient (Wildman–Crippen LogP) is 1.27. The Balaban J connectivity index is 1.74. The average molecular weight is 299 g/mol. The third-order valence-corrected chi connectivity index (χ3v) is 4.25. The van der Waals surface area contributed by atoms with E-state index in [1.165, 1.54) is 0 Å². The van der Waals surface area contributed by atoms with Crippen LogP contribution < -0.4 is 0 Å². The highest BCUT2D eigenvalue weighted by Gasteiger charge is 2.57. The third kappa shape index (κ3) is 2.04. The van der Waals surface area contributed by atoms with Gasteiger partial charge in [-0.1, -0.05) is 12.1 Å². The molecule has 0 radical (unpaired) electrons. The van der Waals surface area contributed by atoms with Gasteiger partial charge in [0.1, 0.15) is 0 Å². The average Bonchev–Trinajstić information content (AvgIpc) is 3.14. The minimum Gasteiger partial charge on any atom is -0.394 e. The Labute approximate surface area is 128 Å². The van der Waals surface area contributed by atoms with E-state index >= 15 is 0 Å². The fraction of sp³-hybridized carbons (Fsp3) is 0.375. The van der Waals surface area contributed by atoms with Gasteiger partial charge in [0.25, 0.3) is 0 Å². The van der Waals surface area contributed by atoms with E-state index in [0.29, 0.717) is 13.2 Å². The van der Waals surface area contributed by atoms with Crippen LogP contribution in [0.2, 0.25) is 0 Å². The number of aliphatic hydroxyl groups is 1. The van der Waals surface area contributed by atoms with Gasteiger partial charge in [-0.25, -0.2) is 4.90 Å². The van der Waals surface area contributed by atoms with Crippen molar-refractivity contribution in [2.75, 3.05) is 19.8 Å². The molecule has 6 heteroatoms. The number of hydrogen-bond acceptors (Lipinski definition) is 6. The van der Waals surface area contributed by atoms with Crippen LogP contribution in [-0.4, -0.2) is 45.3 Å². The van der Waals surface area contributed by atoms with E-state index in [9.17, 15) is 5.11 Å². The number of aliphatic hydroxyl groups excluding tert-OH is 1. The van der Waals surface area contributed by atoms with Gasteiger partial charge in [-0.3, -0.25) is 9.97 Å². The zero-order valence-corrected chi connectivity index (χ0v) is 12.0. The molecule has 2 saturated heterocycles. The van der Waals surface area contributed by atoms with Crippen molar-refractivity contribution in [1.82, 2.24) is 14.9 Å². The second kappa shape index (κ2) is 5.40. The first-order chi connectivity index (χ1) is 10.8. The zero-order valence-electron chi connectivity index (χ0n) is 12.0. The maximum atomic E-state index is 9.91. The Morgan fingerprint density at radius 3 is 1.95 bits per heavy atom. The summed E-state index contributed by atoms with van der Waals surface area (Å²) >= 11 is 0. The minimum absolute atomic E-state index is 0.0281. The van der Waals surface area contributed by atoms with E-state index in [2.05, 4.69) is 14.9 Å². The van der Waals surface area contributed by atoms with E-state index in [1.807, 2.05) is 36.4 Å². The molecule has 2 aliphatic rings. The molecule has 0 spiro atoms. The van der Waals surface area contributed by atoms with Crippen LogP contribution in [0.15, 0.2) is 48.8 Å². The van der Waals surface area contributed by atoms with Crippen LogP contribution in [-0.2, 0) is 9.47 Å². The third-order valence-electron chi connectivity index (χ3n) is 4.25. The number of ether oxygens (including phenoxy) is 2. The van der Waals surface area contributed by atoms with Crippen LogP contribution in [0.3, 0.4) is 0 Å². The number of fused-ring (bicyclic) bond motifs is 1. The lowest BCUT2D eigenvalue weighted by atomic mass is 10.0. The van der Waals surface area contributed by atoms with Crippen molar-refractivity contribution >= 4 is 0 Å². The Morgan fingerprint density at radius 2 is 1.55 bits per heavy atom. The molecule has 0 bridgehead atoms. The smallest absolute Gasteiger partial charge is 0.156 e. The number of aromatic nitrogens is 2. The summed E-state index contributed by atoms with van der Waals surface area (Å²) in [6.45, 7) is 0.793. The van der Waals surface area contributed by atoms with Crippen molar-refractivity contribution in [3.05, 3.63) is 60.2 Å². The monoisotopic (exact) mass is 299 g/mol. The van der Waals surface area contributed by atoms with Crippen molar-refractivity contribution in [2.24, 2.45) is 0 Å². The normalized spacial score (nSPS) is 31.3. The van der Waals surface area contributed by atoms with Crippen LogP contribution in [0.25, 0.3) is 0 Å². The maximum Gasteiger partial charge on any atom is 0.156 e. The second-order valence-corrected chi connectivity index (χ2v) is 5.63. The summed E-state index contributed by atoms with van der Waals surface area (Å²) in [6, 6.07) is 11.4. The fourth-order valence-electron chi connectivity index (χ4n) is 3.11. The van der Waals surface area contributed by atoms with Gasteiger partial charge >= 0.3 is 0 Å². The van der Waals surface area contributed by atoms with Gasteiger partial charge in [0.15, 0.2) is 12.5 Å². The summed E-state index contributed by atoms with van der Waals surface area (Å²) in [5, 5.41) is 9.91. The molecular formula is C16H17N3O3. The summed E-state index contributed by atoms with van der Waals surface area (Å²) in [5.74, 6) is 0. The summed E-state index contributed by atoms with van der Waals surface area (Å²) in [4.78, 5) is 10.8. The molecule has 22 heavy (non-hydrogen) atoms. The Bertz CT molecular complexity index is 586. The predicted molar refractivity (Wildman–Crippen MR) is 77.5 cm³/mol. The molecule has 2 aliphatic heterocycles. The molecule has 0 aliphatic carbocycles. The quantitative estimate of drug-likeness (QED) is 0.920. The van der Waals surface area contributed by atoms with Gasteiger partial charge in [0, 0.05) is 12.4 Å². The van der Waals surface area contributed by atoms with E-state index in [0.717, 1.165) is 11.4 Å². The van der Waals surface area contributed by atoms with Crippen molar-refractivity contribution < 1.29 is 14.6 Å². The Morgan fingerprint density at radius 1 is 1.00 bits per heavy atom. The van der Waals surface area contributed by atoms with Crippen molar-refractivity contribution in [2.45, 2.75) is 18.0 Å². The number of nitrogens with zero attached hydrogens (tertiary/aromatic N) is 3. The summed E-state index contributed by atoms with van der Waals surface area (Å²) in [6.07, 6.45) is 2.79. The molecule has 1 N–H and O–H groups in total. The molecule has 0 aromatic carbocycles. The van der Waals surface area contributed by atoms with Gasteiger partial charge in [-0.2, -0.15) is 0 Å². The Hall–Kier alpha value is -1.86. The van der Waals surface area contributed by atoms with Crippen LogP contribution in [0.4, 0.5) is 0 Å². The highest BCUT2D eigenvalue weighted by atomic mass is 16.6. The van der Waals surface area contributed by atoms with Gasteiger partial charge in [0.2, 0.25) is 0 Å². The molecule has 2 atom stereocenters. The van der Waals surface area contributed by atoms with Crippen LogP contribution in [0.1, 0.15) is 23.8 Å². The molecule has 2 aromatic heterocycles. The molecule has 4 rings (SSSR count). The molecule has 0 saturated carbocycles. The lowest BCUT2D eigenvalue weighted by Crippen LogP contribution is -2.47. The molecule has 2 aromatic rings. The summed E-state index contributed by atoms with van der Waals surface area (Å²) in [7, 11) is 0. The standard InChI is InChI=1S/C16H17N3O3/c20-9-16-10-21-14(12-5-1-3-7-17-12)19(16)15(22-11-16)13-6-2-4-8-18-13/h1-8,14-15,20H,9-11H2. The maximum absolute atomic E-state index is 9.91. The van der Waals surface area contributed by atoms with Crippen LogP contribution in [0, 0.1) is 0 Å². The molecule has 6 nitrogen and oxygen atoms in total. The lowest BCUT2D eigenvalue weighted by Gasteiger charge is -2.31. The molecular weight excluding hydrogens is 282 g/mol. The summed E-state index contributed by atoms with van der Waals surface area (Å²) < 4.78 is 11.9. The summed E-state index contributed by atoms with van der Waals surface area (Å²) in [5.41, 5.74) is 1.08. The van der Waals surface area contributed by atoms with Crippen molar-refractivity contribution in [3.63, 3.8) is 0 Å². The van der Waals surface area contributed by atoms with E-state index in [1.54, 1.807) is 12.4 Å². The molecule has 114 valence electrons. The first-order valence-corrected chi connectivity index (χ1v) is 7.28. The molecule has 4 heterocycles. The molecule has 2 fully saturated rings. The van der Waals surface area contributed by atoms with E-state index < -0.39 is 5.54 Å². The van der Waals surface area contributed by atoms with Gasteiger partial charge in [-0.05, 0) is 24.3 Å². The zero-order chi connectivity index (χ0) is 15.0. The molecule has 2 unspecified atom stereocenters. The Kier molecular flexibility index (Phi) is 3.38. The first kappa shape index (κ1) is 13.8. The number of hydrogen-bond donors (Lipinski definition) is 1. The van der Waals surface area contributed by atoms with E-state index in [4.69, 9.17) is 9.47 Å². The van der Waals surface area contributed by atoms with Crippen molar-refractivity contribution in [3.8, 4) is 0 Å². The fourth-order valence-corrected chi connectivity index (χ4v) is 3.11. The van der Waals surface area contributed by atoms with Crippen LogP contribution >= 0.6 is 0 Å². The van der Waals surface area contributed by atoms with Gasteiger partial charge in [-0.15, -0.1) is 0 Å².